The Balaban J connectivity index is 1.27. The molecule has 1 aromatic carbocycles. The first kappa shape index (κ1) is 24.8. The monoisotopic (exact) mass is 526 g/mol. The summed E-state index contributed by atoms with van der Waals surface area (Å²) < 4.78 is 11.5. The van der Waals surface area contributed by atoms with E-state index in [1.165, 1.54) is 19.3 Å². The third kappa shape index (κ3) is 6.08. The van der Waals surface area contributed by atoms with Crippen LogP contribution in [0.5, 0.6) is 0 Å². The van der Waals surface area contributed by atoms with E-state index in [2.05, 4.69) is 33.4 Å². The first-order chi connectivity index (χ1) is 17.5. The third-order valence-corrected chi connectivity index (χ3v) is 7.07. The molecule has 36 heavy (non-hydrogen) atoms. The Labute approximate surface area is 222 Å². The molecular formula is C26H31ClN6O2S. The highest BCUT2D eigenvalue weighted by Crippen LogP contribution is 2.28. The van der Waals surface area contributed by atoms with Crippen LogP contribution in [0.4, 0.5) is 17.6 Å². The molecule has 0 unspecified atom stereocenters. The second-order valence-corrected chi connectivity index (χ2v) is 9.97. The van der Waals surface area contributed by atoms with Crippen LogP contribution in [0.25, 0.3) is 11.3 Å². The highest BCUT2D eigenvalue weighted by molar-refractivity contribution is 7.80. The highest BCUT2D eigenvalue weighted by Gasteiger charge is 2.23. The van der Waals surface area contributed by atoms with E-state index in [1.807, 2.05) is 36.4 Å². The van der Waals surface area contributed by atoms with E-state index < -0.39 is 0 Å². The standard InChI is InChI=1S/C26H31ClN6O2S/c1-18-4-2-3-11-33(18)24-16-23(32-12-14-34-15-13-32)29-25(30-24)31-26(36)28-17-21-9-10-22(35-21)19-5-7-20(27)8-6-19/h5-10,16,18H,2-4,11-15,17H2,1H3,(H2,28,29,30,31,36)/t18-/m1/s1. The summed E-state index contributed by atoms with van der Waals surface area (Å²) in [4.78, 5) is 14.2. The predicted octanol–water partition coefficient (Wildman–Crippen LogP) is 5.09. The van der Waals surface area contributed by atoms with Crippen LogP contribution in [0, 0.1) is 0 Å². The topological polar surface area (TPSA) is 78.7 Å². The molecule has 0 bridgehead atoms. The van der Waals surface area contributed by atoms with Gasteiger partial charge in [0.05, 0.1) is 19.8 Å². The van der Waals surface area contributed by atoms with Gasteiger partial charge in [-0.3, -0.25) is 0 Å². The van der Waals surface area contributed by atoms with Gasteiger partial charge < -0.3 is 29.6 Å². The van der Waals surface area contributed by atoms with Crippen molar-refractivity contribution < 1.29 is 9.15 Å². The number of thiocarbonyl (C=S) groups is 1. The molecule has 8 nitrogen and oxygen atoms in total. The van der Waals surface area contributed by atoms with Crippen molar-refractivity contribution in [1.29, 1.82) is 0 Å². The number of benzene rings is 1. The van der Waals surface area contributed by atoms with Gasteiger partial charge in [0.15, 0.2) is 5.11 Å². The molecular weight excluding hydrogens is 496 g/mol. The Kier molecular flexibility index (Phi) is 7.89. The van der Waals surface area contributed by atoms with E-state index in [9.17, 15) is 0 Å². The minimum atomic E-state index is 0.441. The second-order valence-electron chi connectivity index (χ2n) is 9.13. The van der Waals surface area contributed by atoms with Gasteiger partial charge in [-0.1, -0.05) is 11.6 Å². The number of anilines is 3. The Morgan fingerprint density at radius 3 is 2.61 bits per heavy atom. The molecule has 10 heteroatoms. The first-order valence-electron chi connectivity index (χ1n) is 12.4. The largest absolute Gasteiger partial charge is 0.459 e. The number of morpholine rings is 1. The molecule has 2 aliphatic rings. The fraction of sp³-hybridized carbons (Fsp3) is 0.423. The fourth-order valence-corrected chi connectivity index (χ4v) is 4.86. The number of piperidine rings is 1. The number of furan rings is 1. The van der Waals surface area contributed by atoms with Crippen molar-refractivity contribution in [1.82, 2.24) is 15.3 Å². The van der Waals surface area contributed by atoms with E-state index in [4.69, 9.17) is 42.9 Å². The summed E-state index contributed by atoms with van der Waals surface area (Å²) in [7, 11) is 0. The summed E-state index contributed by atoms with van der Waals surface area (Å²) in [5.41, 5.74) is 0.971. The lowest BCUT2D eigenvalue weighted by molar-refractivity contribution is 0.122. The van der Waals surface area contributed by atoms with E-state index in [0.29, 0.717) is 41.9 Å². The molecule has 2 aromatic heterocycles. The highest BCUT2D eigenvalue weighted by atomic mass is 35.5. The van der Waals surface area contributed by atoms with Gasteiger partial charge in [0.1, 0.15) is 23.2 Å². The third-order valence-electron chi connectivity index (χ3n) is 6.57. The van der Waals surface area contributed by atoms with Crippen LogP contribution < -0.4 is 20.4 Å². The molecule has 0 radical (unpaired) electrons. The zero-order valence-electron chi connectivity index (χ0n) is 20.4. The number of aromatic nitrogens is 2. The summed E-state index contributed by atoms with van der Waals surface area (Å²) in [5, 5.41) is 7.53. The Hall–Kier alpha value is -2.88. The fourth-order valence-electron chi connectivity index (χ4n) is 4.57. The van der Waals surface area contributed by atoms with Crippen LogP contribution in [0.1, 0.15) is 31.9 Å². The smallest absolute Gasteiger partial charge is 0.232 e. The summed E-state index contributed by atoms with van der Waals surface area (Å²) in [6.07, 6.45) is 3.59. The van der Waals surface area contributed by atoms with Crippen molar-refractivity contribution >= 4 is 46.5 Å². The Morgan fingerprint density at radius 1 is 1.06 bits per heavy atom. The Morgan fingerprint density at radius 2 is 1.83 bits per heavy atom. The SMILES string of the molecule is C[C@@H]1CCCCN1c1cc(N2CCOCC2)nc(NC(=S)NCc2ccc(-c3ccc(Cl)cc3)o2)n1. The number of nitrogens with one attached hydrogen (secondary N) is 2. The predicted molar refractivity (Wildman–Crippen MR) is 148 cm³/mol. The van der Waals surface area contributed by atoms with Crippen molar-refractivity contribution in [3.63, 3.8) is 0 Å². The summed E-state index contributed by atoms with van der Waals surface area (Å²) in [6.45, 7) is 6.71. The number of rotatable bonds is 6. The van der Waals surface area contributed by atoms with Gasteiger partial charge >= 0.3 is 0 Å². The van der Waals surface area contributed by atoms with E-state index in [1.54, 1.807) is 0 Å². The maximum Gasteiger partial charge on any atom is 0.232 e. The van der Waals surface area contributed by atoms with Gasteiger partial charge in [0, 0.05) is 42.3 Å². The summed E-state index contributed by atoms with van der Waals surface area (Å²) in [6, 6.07) is 14.0. The molecule has 0 aliphatic carbocycles. The van der Waals surface area contributed by atoms with Crippen LogP contribution in [0.3, 0.4) is 0 Å². The summed E-state index contributed by atoms with van der Waals surface area (Å²) in [5.74, 6) is 3.87. The molecule has 3 aromatic rings. The molecule has 0 spiro atoms. The normalized spacial score (nSPS) is 18.2. The maximum atomic E-state index is 5.99. The molecule has 190 valence electrons. The van der Waals surface area contributed by atoms with E-state index in [0.717, 1.165) is 48.4 Å². The van der Waals surface area contributed by atoms with Gasteiger partial charge in [-0.05, 0) is 74.8 Å². The van der Waals surface area contributed by atoms with Crippen molar-refractivity contribution in [2.75, 3.05) is 48.0 Å². The lowest BCUT2D eigenvalue weighted by Gasteiger charge is -2.35. The van der Waals surface area contributed by atoms with Crippen LogP contribution in [0.2, 0.25) is 5.02 Å². The zero-order valence-corrected chi connectivity index (χ0v) is 21.9. The van der Waals surface area contributed by atoms with Crippen molar-refractivity contribution in [3.05, 3.63) is 53.2 Å². The van der Waals surface area contributed by atoms with Crippen molar-refractivity contribution in [2.24, 2.45) is 0 Å². The van der Waals surface area contributed by atoms with E-state index in [-0.39, 0.29) is 0 Å². The number of halogens is 1. The summed E-state index contributed by atoms with van der Waals surface area (Å²) >= 11 is 11.6. The molecule has 2 saturated heterocycles. The minimum Gasteiger partial charge on any atom is -0.459 e. The first-order valence-corrected chi connectivity index (χ1v) is 13.2. The van der Waals surface area contributed by atoms with Gasteiger partial charge in [0.2, 0.25) is 5.95 Å². The number of nitrogens with zero attached hydrogens (tertiary/aromatic N) is 4. The van der Waals surface area contributed by atoms with Gasteiger partial charge in [-0.25, -0.2) is 0 Å². The van der Waals surface area contributed by atoms with Crippen LogP contribution in [0.15, 0.2) is 46.9 Å². The number of hydrogen-bond acceptors (Lipinski definition) is 7. The molecule has 2 fully saturated rings. The molecule has 4 heterocycles. The van der Waals surface area contributed by atoms with Crippen molar-refractivity contribution in [3.8, 4) is 11.3 Å². The second kappa shape index (κ2) is 11.5. The molecule has 0 amide bonds. The van der Waals surface area contributed by atoms with Crippen LogP contribution in [-0.2, 0) is 11.3 Å². The number of hydrogen-bond donors (Lipinski definition) is 2. The number of ether oxygens (including phenoxy) is 1. The molecule has 2 N–H and O–H groups in total. The van der Waals surface area contributed by atoms with Gasteiger partial charge in [-0.2, -0.15) is 9.97 Å². The lowest BCUT2D eigenvalue weighted by atomic mass is 10.0. The quantitative estimate of drug-likeness (QED) is 0.427. The Bertz CT molecular complexity index is 1180. The molecule has 1 atom stereocenters. The molecule has 0 saturated carbocycles. The van der Waals surface area contributed by atoms with Crippen LogP contribution >= 0.6 is 23.8 Å². The maximum absolute atomic E-state index is 5.99. The van der Waals surface area contributed by atoms with E-state index >= 15 is 0 Å². The molecule has 5 rings (SSSR count). The average Bonchev–Trinajstić information content (AvgIpc) is 3.38. The lowest BCUT2D eigenvalue weighted by Crippen LogP contribution is -2.40. The average molecular weight is 527 g/mol. The van der Waals surface area contributed by atoms with Gasteiger partial charge in [-0.15, -0.1) is 0 Å². The van der Waals surface area contributed by atoms with Gasteiger partial charge in [0.25, 0.3) is 0 Å². The zero-order chi connectivity index (χ0) is 24.9. The minimum absolute atomic E-state index is 0.441. The van der Waals surface area contributed by atoms with Crippen molar-refractivity contribution in [2.45, 2.75) is 38.8 Å². The van der Waals surface area contributed by atoms with Crippen LogP contribution in [-0.4, -0.2) is 54.0 Å². The molecule has 2 aliphatic heterocycles.